The molecule has 0 radical (unpaired) electrons. The summed E-state index contributed by atoms with van der Waals surface area (Å²) in [5.74, 6) is -0.488. The lowest BCUT2D eigenvalue weighted by Gasteiger charge is -2.24. The second-order valence-electron chi connectivity index (χ2n) is 18.3. The smallest absolute Gasteiger partial charge is 0.306 e. The quantitative estimate of drug-likeness (QED) is 0.0322. The molecular formula is C54H103NO5. The number of ether oxygens (including phenoxy) is 1. The number of amides is 1. The summed E-state index contributed by atoms with van der Waals surface area (Å²) in [5, 5.41) is 23.8. The molecule has 6 nitrogen and oxygen atoms in total. The zero-order valence-electron chi connectivity index (χ0n) is 40.4. The van der Waals surface area contributed by atoms with Crippen LogP contribution in [0.4, 0.5) is 0 Å². The SMILES string of the molecule is CCCCCCCCC/C=C/C=C/CCCCCC(CC(=O)NC(CO)C(O)CCCCCCCCCCCCCCCCC)OC(=O)CCCCCCCCCCCC. The summed E-state index contributed by atoms with van der Waals surface area (Å²) >= 11 is 0. The van der Waals surface area contributed by atoms with E-state index < -0.39 is 18.2 Å². The number of hydrogen-bond donors (Lipinski definition) is 3. The van der Waals surface area contributed by atoms with Crippen molar-refractivity contribution in [3.05, 3.63) is 24.3 Å². The van der Waals surface area contributed by atoms with E-state index in [1.807, 2.05) is 0 Å². The van der Waals surface area contributed by atoms with Crippen molar-refractivity contribution in [3.8, 4) is 0 Å². The van der Waals surface area contributed by atoms with Gasteiger partial charge >= 0.3 is 5.97 Å². The molecule has 0 aromatic rings. The number of esters is 1. The monoisotopic (exact) mass is 846 g/mol. The van der Waals surface area contributed by atoms with Gasteiger partial charge in [-0.3, -0.25) is 9.59 Å². The van der Waals surface area contributed by atoms with Crippen LogP contribution in [0.3, 0.4) is 0 Å². The number of rotatable bonds is 48. The standard InChI is InChI=1S/C54H103NO5/c1-4-7-10-13-16-19-22-24-26-28-29-31-33-36-39-42-45-50(60-54(59)47-44-41-38-35-21-18-15-12-9-6-3)48-53(58)55-51(49-56)52(57)46-43-40-37-34-32-30-27-25-23-20-17-14-11-8-5-2/h26,28-29,31,50-52,56-57H,4-25,27,30,32-49H2,1-3H3,(H,55,58)/b28-26+,31-29+. The predicted octanol–water partition coefficient (Wildman–Crippen LogP) is 15.9. The minimum absolute atomic E-state index is 0.0649. The van der Waals surface area contributed by atoms with Crippen LogP contribution in [-0.4, -0.2) is 46.9 Å². The highest BCUT2D eigenvalue weighted by atomic mass is 16.5. The number of unbranched alkanes of at least 4 members (excludes halogenated alkanes) is 33. The van der Waals surface area contributed by atoms with E-state index in [1.54, 1.807) is 0 Å². The third kappa shape index (κ3) is 43.0. The Morgan fingerprint density at radius 3 is 1.25 bits per heavy atom. The van der Waals surface area contributed by atoms with E-state index in [1.165, 1.54) is 173 Å². The van der Waals surface area contributed by atoms with E-state index in [2.05, 4.69) is 50.4 Å². The van der Waals surface area contributed by atoms with Crippen molar-refractivity contribution < 1.29 is 24.5 Å². The maximum absolute atomic E-state index is 13.2. The number of nitrogens with one attached hydrogen (secondary N) is 1. The Balaban J connectivity index is 4.55. The number of carbonyl (C=O) groups is 2. The van der Waals surface area contributed by atoms with Crippen LogP contribution in [0.5, 0.6) is 0 Å². The molecule has 1 amide bonds. The molecule has 0 heterocycles. The average molecular weight is 846 g/mol. The zero-order chi connectivity index (χ0) is 43.8. The second-order valence-corrected chi connectivity index (χ2v) is 18.3. The van der Waals surface area contributed by atoms with Gasteiger partial charge < -0.3 is 20.3 Å². The maximum atomic E-state index is 13.2. The third-order valence-electron chi connectivity index (χ3n) is 12.3. The maximum Gasteiger partial charge on any atom is 0.306 e. The fourth-order valence-corrected chi connectivity index (χ4v) is 8.25. The highest BCUT2D eigenvalue weighted by Crippen LogP contribution is 2.18. The summed E-state index contributed by atoms with van der Waals surface area (Å²) in [7, 11) is 0. The van der Waals surface area contributed by atoms with Gasteiger partial charge in [0, 0.05) is 6.42 Å². The van der Waals surface area contributed by atoms with Crippen molar-refractivity contribution in [2.75, 3.05) is 6.61 Å². The molecule has 0 aromatic carbocycles. The highest BCUT2D eigenvalue weighted by molar-refractivity contribution is 5.77. The summed E-state index contributed by atoms with van der Waals surface area (Å²) < 4.78 is 5.92. The molecule has 0 bridgehead atoms. The summed E-state index contributed by atoms with van der Waals surface area (Å²) in [6.45, 7) is 6.48. The lowest BCUT2D eigenvalue weighted by Crippen LogP contribution is -2.46. The Morgan fingerprint density at radius 1 is 0.483 bits per heavy atom. The van der Waals surface area contributed by atoms with Gasteiger partial charge in [-0.05, 0) is 51.4 Å². The Labute approximate surface area is 373 Å². The van der Waals surface area contributed by atoms with Crippen LogP contribution >= 0.6 is 0 Å². The average Bonchev–Trinajstić information content (AvgIpc) is 3.24. The van der Waals surface area contributed by atoms with Gasteiger partial charge in [0.15, 0.2) is 0 Å². The molecule has 0 aliphatic heterocycles. The third-order valence-corrected chi connectivity index (χ3v) is 12.3. The molecule has 0 aliphatic rings. The Bertz CT molecular complexity index is 950. The molecule has 0 rings (SSSR count). The first-order chi connectivity index (χ1) is 29.5. The molecule has 3 atom stereocenters. The molecule has 0 saturated carbocycles. The van der Waals surface area contributed by atoms with E-state index in [4.69, 9.17) is 4.74 Å². The van der Waals surface area contributed by atoms with Gasteiger partial charge in [0.2, 0.25) is 5.91 Å². The molecule has 60 heavy (non-hydrogen) atoms. The van der Waals surface area contributed by atoms with E-state index in [0.717, 1.165) is 64.2 Å². The molecule has 3 N–H and O–H groups in total. The lowest BCUT2D eigenvalue weighted by molar-refractivity contribution is -0.151. The van der Waals surface area contributed by atoms with Crippen LogP contribution < -0.4 is 5.32 Å². The van der Waals surface area contributed by atoms with E-state index in [-0.39, 0.29) is 24.9 Å². The van der Waals surface area contributed by atoms with E-state index in [9.17, 15) is 19.8 Å². The lowest BCUT2D eigenvalue weighted by atomic mass is 10.0. The molecular weight excluding hydrogens is 743 g/mol. The largest absolute Gasteiger partial charge is 0.462 e. The molecule has 354 valence electrons. The first kappa shape index (κ1) is 58.3. The van der Waals surface area contributed by atoms with Crippen LogP contribution in [0, 0.1) is 0 Å². The Kier molecular flexibility index (Phi) is 47.0. The molecule has 0 saturated heterocycles. The van der Waals surface area contributed by atoms with Crippen LogP contribution in [0.2, 0.25) is 0 Å². The molecule has 0 spiro atoms. The van der Waals surface area contributed by atoms with E-state index >= 15 is 0 Å². The van der Waals surface area contributed by atoms with E-state index in [0.29, 0.717) is 19.3 Å². The van der Waals surface area contributed by atoms with Gasteiger partial charge in [0.05, 0.1) is 25.2 Å². The van der Waals surface area contributed by atoms with Gasteiger partial charge in [-0.1, -0.05) is 244 Å². The van der Waals surface area contributed by atoms with Gasteiger partial charge in [-0.25, -0.2) is 0 Å². The minimum Gasteiger partial charge on any atom is -0.462 e. The predicted molar refractivity (Wildman–Crippen MR) is 260 cm³/mol. The van der Waals surface area contributed by atoms with Crippen LogP contribution in [-0.2, 0) is 14.3 Å². The fourth-order valence-electron chi connectivity index (χ4n) is 8.25. The molecule has 6 heteroatoms. The fraction of sp³-hybridized carbons (Fsp3) is 0.889. The topological polar surface area (TPSA) is 95.9 Å². The van der Waals surface area contributed by atoms with Crippen molar-refractivity contribution in [2.24, 2.45) is 0 Å². The summed E-state index contributed by atoms with van der Waals surface area (Å²) in [4.78, 5) is 26.1. The number of hydrogen-bond acceptors (Lipinski definition) is 5. The van der Waals surface area contributed by atoms with Gasteiger partial charge in [-0.15, -0.1) is 0 Å². The minimum atomic E-state index is -0.790. The van der Waals surface area contributed by atoms with Crippen molar-refractivity contribution in [3.63, 3.8) is 0 Å². The van der Waals surface area contributed by atoms with Gasteiger partial charge in [0.1, 0.15) is 6.10 Å². The number of allylic oxidation sites excluding steroid dienone is 4. The van der Waals surface area contributed by atoms with Crippen molar-refractivity contribution >= 4 is 11.9 Å². The summed E-state index contributed by atoms with van der Waals surface area (Å²) in [5.41, 5.74) is 0. The van der Waals surface area contributed by atoms with Gasteiger partial charge in [-0.2, -0.15) is 0 Å². The van der Waals surface area contributed by atoms with Crippen LogP contribution in [0.15, 0.2) is 24.3 Å². The summed E-state index contributed by atoms with van der Waals surface area (Å²) in [6, 6.07) is -0.705. The molecule has 0 fully saturated rings. The number of carbonyl (C=O) groups excluding carboxylic acids is 2. The first-order valence-electron chi connectivity index (χ1n) is 26.6. The molecule has 3 unspecified atom stereocenters. The number of aliphatic hydroxyl groups excluding tert-OH is 2. The first-order valence-corrected chi connectivity index (χ1v) is 26.6. The van der Waals surface area contributed by atoms with Crippen molar-refractivity contribution in [1.82, 2.24) is 5.32 Å². The van der Waals surface area contributed by atoms with Crippen LogP contribution in [0.1, 0.15) is 284 Å². The van der Waals surface area contributed by atoms with Gasteiger partial charge in [0.25, 0.3) is 0 Å². The Morgan fingerprint density at radius 2 is 0.833 bits per heavy atom. The van der Waals surface area contributed by atoms with Crippen LogP contribution in [0.25, 0.3) is 0 Å². The van der Waals surface area contributed by atoms with Crippen molar-refractivity contribution in [2.45, 2.75) is 302 Å². The molecule has 0 aliphatic carbocycles. The molecule has 0 aromatic heterocycles. The number of aliphatic hydroxyl groups is 2. The Hall–Kier alpha value is -1.66. The van der Waals surface area contributed by atoms with Crippen molar-refractivity contribution in [1.29, 1.82) is 0 Å². The second kappa shape index (κ2) is 48.4. The zero-order valence-corrected chi connectivity index (χ0v) is 40.4. The summed E-state index contributed by atoms with van der Waals surface area (Å²) in [6.07, 6.45) is 55.2. The normalized spacial score (nSPS) is 13.3. The highest BCUT2D eigenvalue weighted by Gasteiger charge is 2.24.